The van der Waals surface area contributed by atoms with Crippen molar-refractivity contribution in [2.24, 2.45) is 0 Å². The molecule has 0 radical (unpaired) electrons. The van der Waals surface area contributed by atoms with E-state index >= 15 is 0 Å². The number of alkyl halides is 3. The van der Waals surface area contributed by atoms with Crippen molar-refractivity contribution < 1.29 is 32.2 Å². The predicted octanol–water partition coefficient (Wildman–Crippen LogP) is 5.26. The number of nitrogens with one attached hydrogen (secondary N) is 1. The lowest BCUT2D eigenvalue weighted by Crippen LogP contribution is -2.22. The average molecular weight is 466 g/mol. The van der Waals surface area contributed by atoms with E-state index in [4.69, 9.17) is 9.47 Å². The highest BCUT2D eigenvalue weighted by Gasteiger charge is 2.30. The van der Waals surface area contributed by atoms with E-state index in [1.54, 1.807) is 53.1 Å². The SMILES string of the molecule is O=C(Nc1ccc2c(c1)OCO2)C(=O)c1cn(Cc2cccc(C(F)(F)F)c2)c2ccccc12. The molecule has 1 aliphatic heterocycles. The van der Waals surface area contributed by atoms with E-state index in [1.165, 1.54) is 12.3 Å². The minimum Gasteiger partial charge on any atom is -0.454 e. The van der Waals surface area contributed by atoms with Gasteiger partial charge in [0, 0.05) is 35.4 Å². The van der Waals surface area contributed by atoms with Gasteiger partial charge in [0.15, 0.2) is 11.5 Å². The number of Topliss-reactive ketones (excluding diaryl/α,β-unsaturated/α-hetero) is 1. The molecule has 0 saturated heterocycles. The number of rotatable bonds is 5. The van der Waals surface area contributed by atoms with Crippen molar-refractivity contribution in [2.45, 2.75) is 12.7 Å². The number of para-hydroxylation sites is 1. The van der Waals surface area contributed by atoms with Crippen LogP contribution in [0.2, 0.25) is 0 Å². The van der Waals surface area contributed by atoms with Crippen molar-refractivity contribution >= 4 is 28.3 Å². The Hall–Kier alpha value is -4.27. The normalized spacial score (nSPS) is 12.7. The van der Waals surface area contributed by atoms with E-state index in [-0.39, 0.29) is 18.9 Å². The Morgan fingerprint density at radius 2 is 1.74 bits per heavy atom. The van der Waals surface area contributed by atoms with Gasteiger partial charge in [-0.05, 0) is 35.9 Å². The second-order valence-electron chi connectivity index (χ2n) is 7.74. The first-order valence-electron chi connectivity index (χ1n) is 10.3. The summed E-state index contributed by atoms with van der Waals surface area (Å²) >= 11 is 0. The number of nitrogens with zero attached hydrogens (tertiary/aromatic N) is 1. The summed E-state index contributed by atoms with van der Waals surface area (Å²) in [6.45, 7) is 0.179. The van der Waals surface area contributed by atoms with E-state index in [1.807, 2.05) is 0 Å². The molecule has 2 heterocycles. The van der Waals surface area contributed by atoms with Crippen LogP contribution in [0.4, 0.5) is 18.9 Å². The first kappa shape index (κ1) is 21.6. The van der Waals surface area contributed by atoms with Gasteiger partial charge in [-0.15, -0.1) is 0 Å². The number of aromatic nitrogens is 1. The monoisotopic (exact) mass is 466 g/mol. The zero-order valence-electron chi connectivity index (χ0n) is 17.6. The van der Waals surface area contributed by atoms with Gasteiger partial charge in [-0.2, -0.15) is 13.2 Å². The number of amides is 1. The Morgan fingerprint density at radius 3 is 2.56 bits per heavy atom. The lowest BCUT2D eigenvalue weighted by atomic mass is 10.1. The third-order valence-electron chi connectivity index (χ3n) is 5.48. The molecule has 0 unspecified atom stereocenters. The maximum atomic E-state index is 13.1. The van der Waals surface area contributed by atoms with Crippen LogP contribution >= 0.6 is 0 Å². The minimum atomic E-state index is -4.46. The van der Waals surface area contributed by atoms with Gasteiger partial charge in [0.2, 0.25) is 6.79 Å². The lowest BCUT2D eigenvalue weighted by Gasteiger charge is -2.10. The third kappa shape index (κ3) is 4.07. The molecule has 0 saturated carbocycles. The van der Waals surface area contributed by atoms with Crippen molar-refractivity contribution in [3.63, 3.8) is 0 Å². The molecule has 0 spiro atoms. The number of carbonyl (C=O) groups is 2. The number of benzene rings is 3. The fourth-order valence-electron chi connectivity index (χ4n) is 3.89. The number of fused-ring (bicyclic) bond motifs is 2. The molecule has 0 fully saturated rings. The number of ether oxygens (including phenoxy) is 2. The van der Waals surface area contributed by atoms with Crippen molar-refractivity contribution in [2.75, 3.05) is 12.1 Å². The van der Waals surface area contributed by atoms with Gasteiger partial charge in [0.1, 0.15) is 0 Å². The second-order valence-corrected chi connectivity index (χ2v) is 7.74. The van der Waals surface area contributed by atoms with Crippen molar-refractivity contribution in [3.05, 3.63) is 89.6 Å². The maximum Gasteiger partial charge on any atom is 0.416 e. The van der Waals surface area contributed by atoms with Crippen molar-refractivity contribution in [1.82, 2.24) is 4.57 Å². The summed E-state index contributed by atoms with van der Waals surface area (Å²) in [5.41, 5.74) is 0.815. The van der Waals surface area contributed by atoms with Crippen LogP contribution in [-0.4, -0.2) is 23.1 Å². The van der Waals surface area contributed by atoms with Crippen molar-refractivity contribution in [1.29, 1.82) is 0 Å². The third-order valence-corrected chi connectivity index (χ3v) is 5.48. The molecule has 5 rings (SSSR count). The van der Waals surface area contributed by atoms with Gasteiger partial charge in [0.05, 0.1) is 11.1 Å². The van der Waals surface area contributed by atoms with E-state index < -0.39 is 23.4 Å². The molecule has 9 heteroatoms. The van der Waals surface area contributed by atoms with Crippen LogP contribution < -0.4 is 14.8 Å². The summed E-state index contributed by atoms with van der Waals surface area (Å²) in [7, 11) is 0. The first-order valence-corrected chi connectivity index (χ1v) is 10.3. The number of carbonyl (C=O) groups excluding carboxylic acids is 2. The number of ketones is 1. The second kappa shape index (κ2) is 8.26. The summed E-state index contributed by atoms with van der Waals surface area (Å²) in [5.74, 6) is -0.609. The molecule has 4 aromatic rings. The Kier molecular flexibility index (Phi) is 5.24. The molecule has 1 aliphatic rings. The van der Waals surface area contributed by atoms with Crippen LogP contribution in [0.1, 0.15) is 21.5 Å². The summed E-state index contributed by atoms with van der Waals surface area (Å²) in [4.78, 5) is 25.7. The van der Waals surface area contributed by atoms with Gasteiger partial charge in [-0.3, -0.25) is 9.59 Å². The van der Waals surface area contributed by atoms with E-state index in [0.717, 1.165) is 12.1 Å². The molecular weight excluding hydrogens is 449 g/mol. The molecule has 0 bridgehead atoms. The number of hydrogen-bond acceptors (Lipinski definition) is 4. The molecular formula is C25H17F3N2O4. The highest BCUT2D eigenvalue weighted by Crippen LogP contribution is 2.34. The van der Waals surface area contributed by atoms with Crippen molar-refractivity contribution in [3.8, 4) is 11.5 Å². The number of halogens is 3. The van der Waals surface area contributed by atoms with Gasteiger partial charge in [-0.25, -0.2) is 0 Å². The van der Waals surface area contributed by atoms with Gasteiger partial charge < -0.3 is 19.4 Å². The van der Waals surface area contributed by atoms with Crippen LogP contribution in [0.3, 0.4) is 0 Å². The molecule has 1 amide bonds. The molecule has 0 atom stereocenters. The largest absolute Gasteiger partial charge is 0.454 e. The summed E-state index contributed by atoms with van der Waals surface area (Å²) in [5, 5.41) is 3.09. The van der Waals surface area contributed by atoms with E-state index in [0.29, 0.717) is 33.7 Å². The summed E-state index contributed by atoms with van der Waals surface area (Å²) in [6.07, 6.45) is -2.96. The molecule has 3 aromatic carbocycles. The quantitative estimate of drug-likeness (QED) is 0.322. The molecule has 6 nitrogen and oxygen atoms in total. The van der Waals surface area contributed by atoms with E-state index in [2.05, 4.69) is 5.32 Å². The topological polar surface area (TPSA) is 69.6 Å². The average Bonchev–Trinajstić information content (AvgIpc) is 3.43. The number of anilines is 1. The van der Waals surface area contributed by atoms with Crippen LogP contribution in [0, 0.1) is 0 Å². The molecule has 172 valence electrons. The lowest BCUT2D eigenvalue weighted by molar-refractivity contribution is -0.137. The van der Waals surface area contributed by atoms with Gasteiger partial charge >= 0.3 is 6.18 Å². The van der Waals surface area contributed by atoms with Crippen LogP contribution in [0.25, 0.3) is 10.9 Å². The van der Waals surface area contributed by atoms with E-state index in [9.17, 15) is 22.8 Å². The highest BCUT2D eigenvalue weighted by molar-refractivity contribution is 6.48. The Bertz CT molecular complexity index is 1430. The maximum absolute atomic E-state index is 13.1. The van der Waals surface area contributed by atoms with Crippen LogP contribution in [0.5, 0.6) is 11.5 Å². The Morgan fingerprint density at radius 1 is 0.941 bits per heavy atom. The Balaban J connectivity index is 1.43. The fourth-order valence-corrected chi connectivity index (χ4v) is 3.89. The minimum absolute atomic E-state index is 0.0804. The molecule has 34 heavy (non-hydrogen) atoms. The molecule has 0 aliphatic carbocycles. The number of hydrogen-bond donors (Lipinski definition) is 1. The summed E-state index contributed by atoms with van der Waals surface area (Å²) in [6, 6.07) is 16.7. The smallest absolute Gasteiger partial charge is 0.416 e. The molecule has 1 aromatic heterocycles. The Labute approximate surface area is 191 Å². The zero-order valence-corrected chi connectivity index (χ0v) is 17.6. The fraction of sp³-hybridized carbons (Fsp3) is 0.120. The predicted molar refractivity (Wildman–Crippen MR) is 118 cm³/mol. The first-order chi connectivity index (χ1) is 16.3. The van der Waals surface area contributed by atoms with Crippen LogP contribution in [0.15, 0.2) is 72.9 Å². The van der Waals surface area contributed by atoms with Gasteiger partial charge in [0.25, 0.3) is 11.7 Å². The molecule has 1 N–H and O–H groups in total. The highest BCUT2D eigenvalue weighted by atomic mass is 19.4. The van der Waals surface area contributed by atoms with Gasteiger partial charge in [-0.1, -0.05) is 30.3 Å². The standard InChI is InChI=1S/C25H17F3N2O4/c26-25(27,28)16-5-3-4-15(10-16)12-30-13-19(18-6-1-2-7-20(18)30)23(31)24(32)29-17-8-9-21-22(11-17)34-14-33-21/h1-11,13H,12,14H2,(H,29,32). The zero-order chi connectivity index (χ0) is 23.9. The summed E-state index contributed by atoms with van der Waals surface area (Å²) < 4.78 is 51.5. The van der Waals surface area contributed by atoms with Crippen LogP contribution in [-0.2, 0) is 17.5 Å².